The maximum absolute atomic E-state index is 12.9. The van der Waals surface area contributed by atoms with Crippen molar-refractivity contribution in [3.63, 3.8) is 0 Å². The van der Waals surface area contributed by atoms with Gasteiger partial charge in [-0.15, -0.1) is 0 Å². The summed E-state index contributed by atoms with van der Waals surface area (Å²) in [5, 5.41) is 0. The van der Waals surface area contributed by atoms with E-state index in [0.717, 1.165) is 26.2 Å². The van der Waals surface area contributed by atoms with Gasteiger partial charge >= 0.3 is 12.2 Å². The lowest BCUT2D eigenvalue weighted by molar-refractivity contribution is -0.00737. The number of nitrogens with zero attached hydrogens (tertiary/aromatic N) is 5. The van der Waals surface area contributed by atoms with Gasteiger partial charge in [0, 0.05) is 58.9 Å². The van der Waals surface area contributed by atoms with Crippen molar-refractivity contribution in [3.05, 3.63) is 107 Å². The zero-order valence-corrected chi connectivity index (χ0v) is 32.6. The van der Waals surface area contributed by atoms with E-state index in [4.69, 9.17) is 15.2 Å². The van der Waals surface area contributed by atoms with Gasteiger partial charge in [-0.25, -0.2) is 9.59 Å². The van der Waals surface area contributed by atoms with Crippen molar-refractivity contribution in [1.29, 1.82) is 0 Å². The molecule has 3 aromatic rings. The number of ether oxygens (including phenoxy) is 2. The number of benzene rings is 3. The normalized spacial score (nSPS) is 19.6. The molecular formula is C42H56N6O6. The molecule has 0 saturated carbocycles. The van der Waals surface area contributed by atoms with Gasteiger partial charge in [-0.2, -0.15) is 0 Å². The van der Waals surface area contributed by atoms with Crippen LogP contribution in [0, 0.1) is 0 Å². The molecule has 2 saturated heterocycles. The number of piperazine rings is 2. The van der Waals surface area contributed by atoms with Crippen LogP contribution in [-0.4, -0.2) is 124 Å². The Morgan fingerprint density at radius 1 is 0.611 bits per heavy atom. The molecule has 0 spiro atoms. The molecule has 3 aliphatic rings. The highest BCUT2D eigenvalue weighted by molar-refractivity contribution is 6.21. The molecule has 2 N–H and O–H groups in total. The predicted molar refractivity (Wildman–Crippen MR) is 208 cm³/mol. The molecule has 2 atom stereocenters. The summed E-state index contributed by atoms with van der Waals surface area (Å²) < 4.78 is 11.1. The number of hydrogen-bond acceptors (Lipinski definition) is 9. The van der Waals surface area contributed by atoms with Gasteiger partial charge in [-0.05, 0) is 64.8 Å². The first-order valence-corrected chi connectivity index (χ1v) is 18.8. The molecule has 12 nitrogen and oxygen atoms in total. The molecule has 54 heavy (non-hydrogen) atoms. The Morgan fingerprint density at radius 3 is 1.41 bits per heavy atom. The van der Waals surface area contributed by atoms with E-state index in [2.05, 4.69) is 34.1 Å². The van der Waals surface area contributed by atoms with Crippen molar-refractivity contribution in [2.45, 2.75) is 77.9 Å². The number of nitrogens with two attached hydrogens (primary N) is 1. The maximum Gasteiger partial charge on any atom is 0.410 e. The summed E-state index contributed by atoms with van der Waals surface area (Å²) in [6.45, 7) is 17.3. The van der Waals surface area contributed by atoms with Crippen molar-refractivity contribution in [3.8, 4) is 0 Å². The van der Waals surface area contributed by atoms with Gasteiger partial charge in [0.15, 0.2) is 0 Å². The van der Waals surface area contributed by atoms with Gasteiger partial charge in [-0.3, -0.25) is 24.3 Å². The van der Waals surface area contributed by atoms with Crippen molar-refractivity contribution in [2.24, 2.45) is 5.73 Å². The van der Waals surface area contributed by atoms with Gasteiger partial charge < -0.3 is 25.0 Å². The molecule has 2 unspecified atom stereocenters. The minimum absolute atomic E-state index is 0.00677. The monoisotopic (exact) mass is 740 g/mol. The van der Waals surface area contributed by atoms with Gasteiger partial charge in [0.25, 0.3) is 11.8 Å². The molecule has 0 radical (unpaired) electrons. The fraction of sp³-hybridized carbons (Fsp3) is 0.476. The molecular weight excluding hydrogens is 684 g/mol. The average molecular weight is 741 g/mol. The number of rotatable bonds is 7. The topological polar surface area (TPSA) is 129 Å². The molecule has 0 bridgehead atoms. The number of carbonyl (C=O) groups is 4. The van der Waals surface area contributed by atoms with E-state index in [1.54, 1.807) is 34.1 Å². The van der Waals surface area contributed by atoms with Crippen molar-refractivity contribution in [1.82, 2.24) is 24.5 Å². The summed E-state index contributed by atoms with van der Waals surface area (Å²) in [7, 11) is 0. The van der Waals surface area contributed by atoms with Gasteiger partial charge in [-0.1, -0.05) is 72.8 Å². The van der Waals surface area contributed by atoms with Crippen molar-refractivity contribution in [2.75, 3.05) is 52.4 Å². The number of imide groups is 1. The Labute approximate surface area is 319 Å². The Morgan fingerprint density at radius 2 is 1.00 bits per heavy atom. The minimum Gasteiger partial charge on any atom is -0.444 e. The third-order valence-electron chi connectivity index (χ3n) is 9.43. The predicted octanol–water partition coefficient (Wildman–Crippen LogP) is 5.47. The van der Waals surface area contributed by atoms with Gasteiger partial charge in [0.1, 0.15) is 11.2 Å². The Bertz CT molecular complexity index is 1710. The number of fused-ring (bicyclic) bond motifs is 1. The third kappa shape index (κ3) is 10.9. The van der Waals surface area contributed by atoms with Crippen LogP contribution in [0.15, 0.2) is 84.9 Å². The van der Waals surface area contributed by atoms with E-state index in [0.29, 0.717) is 43.9 Å². The molecule has 3 heterocycles. The number of amides is 4. The fourth-order valence-corrected chi connectivity index (χ4v) is 6.91. The highest BCUT2D eigenvalue weighted by atomic mass is 16.6. The second kappa shape index (κ2) is 17.6. The first kappa shape index (κ1) is 40.4. The molecule has 3 aromatic carbocycles. The van der Waals surface area contributed by atoms with Crippen LogP contribution in [0.1, 0.15) is 73.4 Å². The molecule has 3 aliphatic heterocycles. The Balaban J connectivity index is 0.000000223. The van der Waals surface area contributed by atoms with Crippen LogP contribution in [0.3, 0.4) is 0 Å². The summed E-state index contributed by atoms with van der Waals surface area (Å²) in [4.78, 5) is 60.3. The van der Waals surface area contributed by atoms with Crippen LogP contribution >= 0.6 is 0 Å². The molecule has 2 fully saturated rings. The lowest BCUT2D eigenvalue weighted by atomic mass is 10.1. The van der Waals surface area contributed by atoms with Gasteiger partial charge in [0.2, 0.25) is 0 Å². The van der Waals surface area contributed by atoms with Crippen molar-refractivity contribution < 1.29 is 28.7 Å². The van der Waals surface area contributed by atoms with Gasteiger partial charge in [0.05, 0.1) is 29.8 Å². The van der Waals surface area contributed by atoms with Crippen LogP contribution in [0.4, 0.5) is 9.59 Å². The van der Waals surface area contributed by atoms with E-state index >= 15 is 0 Å². The Kier molecular flexibility index (Phi) is 13.1. The fourth-order valence-electron chi connectivity index (χ4n) is 6.91. The SMILES string of the molecule is CC(C)(C)OC(=O)N1CCN(Cc2ccccc2)CC1CN.CC(C)(C)OC(=O)N1CCN(Cc2ccccc2)CC1CN1C(=O)c2ccccc2C1=O. The highest BCUT2D eigenvalue weighted by Gasteiger charge is 2.41. The highest BCUT2D eigenvalue weighted by Crippen LogP contribution is 2.25. The summed E-state index contributed by atoms with van der Waals surface area (Å²) in [5.41, 5.74) is 8.06. The van der Waals surface area contributed by atoms with E-state index in [9.17, 15) is 19.2 Å². The molecule has 4 amide bonds. The zero-order valence-electron chi connectivity index (χ0n) is 32.6. The molecule has 0 aromatic heterocycles. The quantitative estimate of drug-likeness (QED) is 0.314. The standard InChI is InChI=1S/C25H29N3O4.C17H27N3O2/c1-25(2,3)32-24(31)27-14-13-26(15-18-9-5-4-6-10-18)16-19(27)17-28-22(29)20-11-7-8-12-21(20)23(28)30;1-17(2,3)22-16(21)20-10-9-19(13-15(20)11-18)12-14-7-5-4-6-8-14/h4-12,19H,13-17H2,1-3H3;4-8,15H,9-13,18H2,1-3H3. The van der Waals surface area contributed by atoms with Crippen LogP contribution < -0.4 is 5.73 Å². The van der Waals surface area contributed by atoms with E-state index in [1.165, 1.54) is 16.0 Å². The lowest BCUT2D eigenvalue weighted by Crippen LogP contribution is -2.59. The van der Waals surface area contributed by atoms with Crippen LogP contribution in [-0.2, 0) is 22.6 Å². The average Bonchev–Trinajstić information content (AvgIpc) is 3.36. The van der Waals surface area contributed by atoms with E-state index in [-0.39, 0.29) is 36.5 Å². The lowest BCUT2D eigenvalue weighted by Gasteiger charge is -2.42. The second-order valence-electron chi connectivity index (χ2n) is 16.1. The molecule has 6 rings (SSSR count). The second-order valence-corrected chi connectivity index (χ2v) is 16.1. The summed E-state index contributed by atoms with van der Waals surface area (Å²) >= 11 is 0. The molecule has 12 heteroatoms. The van der Waals surface area contributed by atoms with Crippen LogP contribution in [0.25, 0.3) is 0 Å². The zero-order chi connectivity index (χ0) is 39.0. The summed E-state index contributed by atoms with van der Waals surface area (Å²) in [6.07, 6.45) is -0.680. The molecule has 0 aliphatic carbocycles. The largest absolute Gasteiger partial charge is 0.444 e. The van der Waals surface area contributed by atoms with E-state index < -0.39 is 17.3 Å². The Hall–Kier alpha value is -4.78. The molecule has 290 valence electrons. The van der Waals surface area contributed by atoms with Crippen LogP contribution in [0.5, 0.6) is 0 Å². The van der Waals surface area contributed by atoms with Crippen LogP contribution in [0.2, 0.25) is 0 Å². The number of hydrogen-bond donors (Lipinski definition) is 1. The first-order chi connectivity index (χ1) is 25.6. The van der Waals surface area contributed by atoms with E-state index in [1.807, 2.05) is 77.9 Å². The minimum atomic E-state index is -0.627. The first-order valence-electron chi connectivity index (χ1n) is 18.8. The maximum atomic E-state index is 12.9. The summed E-state index contributed by atoms with van der Waals surface area (Å²) in [5.74, 6) is -0.621. The number of carbonyl (C=O) groups excluding carboxylic acids is 4. The smallest absolute Gasteiger partial charge is 0.410 e. The van der Waals surface area contributed by atoms with Crippen molar-refractivity contribution >= 4 is 24.0 Å². The third-order valence-corrected chi connectivity index (χ3v) is 9.43. The summed E-state index contributed by atoms with van der Waals surface area (Å²) in [6, 6.07) is 27.0.